The SMILES string of the molecule is CCNCC(Cc1ccc(Cl)cc1F)c1ccc(C)cc1. The largest absolute Gasteiger partial charge is 0.316 e. The molecule has 1 nitrogen and oxygen atoms in total. The van der Waals surface area contributed by atoms with Crippen molar-refractivity contribution in [1.82, 2.24) is 5.32 Å². The lowest BCUT2D eigenvalue weighted by atomic mass is 9.91. The molecule has 0 amide bonds. The number of likely N-dealkylation sites (N-methyl/N-ethyl adjacent to an activating group) is 1. The molecule has 0 heterocycles. The van der Waals surface area contributed by atoms with E-state index in [1.54, 1.807) is 12.1 Å². The summed E-state index contributed by atoms with van der Waals surface area (Å²) < 4.78 is 14.0. The van der Waals surface area contributed by atoms with Crippen LogP contribution in [-0.4, -0.2) is 13.1 Å². The van der Waals surface area contributed by atoms with Crippen molar-refractivity contribution in [3.8, 4) is 0 Å². The van der Waals surface area contributed by atoms with Gasteiger partial charge >= 0.3 is 0 Å². The number of rotatable bonds is 6. The van der Waals surface area contributed by atoms with Crippen LogP contribution in [0.25, 0.3) is 0 Å². The van der Waals surface area contributed by atoms with Crippen LogP contribution in [0.2, 0.25) is 5.02 Å². The van der Waals surface area contributed by atoms with Crippen molar-refractivity contribution in [2.45, 2.75) is 26.2 Å². The maximum atomic E-state index is 14.0. The Morgan fingerprint density at radius 3 is 2.48 bits per heavy atom. The molecule has 0 aliphatic carbocycles. The summed E-state index contributed by atoms with van der Waals surface area (Å²) in [6.45, 7) is 5.89. The Morgan fingerprint density at radius 2 is 1.86 bits per heavy atom. The smallest absolute Gasteiger partial charge is 0.127 e. The molecule has 0 aliphatic rings. The van der Waals surface area contributed by atoms with Crippen LogP contribution in [0.1, 0.15) is 29.5 Å². The van der Waals surface area contributed by atoms with Crippen LogP contribution in [0, 0.1) is 12.7 Å². The second-order valence-corrected chi connectivity index (χ2v) is 5.79. The van der Waals surface area contributed by atoms with Crippen molar-refractivity contribution in [2.24, 2.45) is 0 Å². The van der Waals surface area contributed by atoms with Crippen molar-refractivity contribution in [3.05, 3.63) is 70.0 Å². The van der Waals surface area contributed by atoms with Gasteiger partial charge in [-0.15, -0.1) is 0 Å². The van der Waals surface area contributed by atoms with Crippen molar-refractivity contribution >= 4 is 11.6 Å². The van der Waals surface area contributed by atoms with Gasteiger partial charge in [0.05, 0.1) is 0 Å². The third kappa shape index (κ3) is 4.55. The van der Waals surface area contributed by atoms with Gasteiger partial charge in [0, 0.05) is 17.5 Å². The molecule has 0 fully saturated rings. The molecule has 1 atom stereocenters. The van der Waals surface area contributed by atoms with Gasteiger partial charge in [-0.2, -0.15) is 0 Å². The van der Waals surface area contributed by atoms with Crippen LogP contribution in [0.4, 0.5) is 4.39 Å². The molecule has 1 unspecified atom stereocenters. The van der Waals surface area contributed by atoms with Crippen LogP contribution in [-0.2, 0) is 6.42 Å². The number of aryl methyl sites for hydroxylation is 1. The lowest BCUT2D eigenvalue weighted by Gasteiger charge is -2.19. The molecule has 0 bridgehead atoms. The van der Waals surface area contributed by atoms with E-state index in [-0.39, 0.29) is 11.7 Å². The highest BCUT2D eigenvalue weighted by Crippen LogP contribution is 2.24. The molecule has 2 aromatic rings. The van der Waals surface area contributed by atoms with E-state index in [0.29, 0.717) is 17.0 Å². The normalized spacial score (nSPS) is 12.4. The highest BCUT2D eigenvalue weighted by atomic mass is 35.5. The van der Waals surface area contributed by atoms with Crippen molar-refractivity contribution in [3.63, 3.8) is 0 Å². The first-order chi connectivity index (χ1) is 10.1. The van der Waals surface area contributed by atoms with E-state index < -0.39 is 0 Å². The van der Waals surface area contributed by atoms with E-state index >= 15 is 0 Å². The Balaban J connectivity index is 2.21. The van der Waals surface area contributed by atoms with Gasteiger partial charge in [-0.05, 0) is 43.1 Å². The highest BCUT2D eigenvalue weighted by molar-refractivity contribution is 6.30. The average Bonchev–Trinajstić information content (AvgIpc) is 2.46. The van der Waals surface area contributed by atoms with Gasteiger partial charge in [0.25, 0.3) is 0 Å². The first-order valence-electron chi connectivity index (χ1n) is 7.31. The van der Waals surface area contributed by atoms with Crippen LogP contribution in [0.15, 0.2) is 42.5 Å². The molecule has 0 spiro atoms. The Kier molecular flexibility index (Phi) is 5.77. The maximum Gasteiger partial charge on any atom is 0.127 e. The van der Waals surface area contributed by atoms with Crippen molar-refractivity contribution in [1.29, 1.82) is 0 Å². The molecule has 21 heavy (non-hydrogen) atoms. The maximum absolute atomic E-state index is 14.0. The third-order valence-electron chi connectivity index (χ3n) is 3.67. The highest BCUT2D eigenvalue weighted by Gasteiger charge is 2.14. The quantitative estimate of drug-likeness (QED) is 0.814. The molecule has 0 aromatic heterocycles. The molecule has 2 aromatic carbocycles. The third-order valence-corrected chi connectivity index (χ3v) is 3.91. The summed E-state index contributed by atoms with van der Waals surface area (Å²) in [5, 5.41) is 3.80. The summed E-state index contributed by atoms with van der Waals surface area (Å²) in [6, 6.07) is 13.4. The van der Waals surface area contributed by atoms with E-state index in [9.17, 15) is 4.39 Å². The van der Waals surface area contributed by atoms with Gasteiger partial charge in [-0.3, -0.25) is 0 Å². The number of hydrogen-bond donors (Lipinski definition) is 1. The topological polar surface area (TPSA) is 12.0 Å². The fraction of sp³-hybridized carbons (Fsp3) is 0.333. The van der Waals surface area contributed by atoms with E-state index in [1.165, 1.54) is 17.2 Å². The zero-order valence-electron chi connectivity index (χ0n) is 12.5. The molecule has 112 valence electrons. The summed E-state index contributed by atoms with van der Waals surface area (Å²) in [4.78, 5) is 0. The minimum absolute atomic E-state index is 0.226. The minimum Gasteiger partial charge on any atom is -0.316 e. The van der Waals surface area contributed by atoms with Gasteiger partial charge in [0.1, 0.15) is 5.82 Å². The number of benzene rings is 2. The van der Waals surface area contributed by atoms with E-state index in [2.05, 4.69) is 43.4 Å². The van der Waals surface area contributed by atoms with E-state index in [4.69, 9.17) is 11.6 Å². The van der Waals surface area contributed by atoms with Crippen LogP contribution in [0.3, 0.4) is 0 Å². The fourth-order valence-corrected chi connectivity index (χ4v) is 2.58. The minimum atomic E-state index is -0.226. The molecular weight excluding hydrogens is 285 g/mol. The molecular formula is C18H21ClFN. The van der Waals surface area contributed by atoms with Crippen LogP contribution >= 0.6 is 11.6 Å². The molecule has 3 heteroatoms. The zero-order valence-corrected chi connectivity index (χ0v) is 13.3. The molecule has 2 rings (SSSR count). The zero-order chi connectivity index (χ0) is 15.2. The molecule has 1 N–H and O–H groups in total. The van der Waals surface area contributed by atoms with Crippen molar-refractivity contribution < 1.29 is 4.39 Å². The van der Waals surface area contributed by atoms with Crippen molar-refractivity contribution in [2.75, 3.05) is 13.1 Å². The van der Waals surface area contributed by atoms with Gasteiger partial charge in [0.2, 0.25) is 0 Å². The second-order valence-electron chi connectivity index (χ2n) is 5.36. The predicted molar refractivity (Wildman–Crippen MR) is 87.6 cm³/mol. The van der Waals surface area contributed by atoms with Crippen LogP contribution < -0.4 is 5.32 Å². The Hall–Kier alpha value is -1.38. The monoisotopic (exact) mass is 305 g/mol. The summed E-state index contributed by atoms with van der Waals surface area (Å²) in [7, 11) is 0. The predicted octanol–water partition coefficient (Wildman–Crippen LogP) is 4.72. The number of nitrogens with one attached hydrogen (secondary N) is 1. The first-order valence-corrected chi connectivity index (χ1v) is 7.69. The van der Waals surface area contributed by atoms with E-state index in [0.717, 1.165) is 13.1 Å². The van der Waals surface area contributed by atoms with Gasteiger partial charge in [-0.25, -0.2) is 4.39 Å². The molecule has 0 aliphatic heterocycles. The Bertz CT molecular complexity index is 580. The summed E-state index contributed by atoms with van der Waals surface area (Å²) >= 11 is 5.82. The number of hydrogen-bond acceptors (Lipinski definition) is 1. The first kappa shape index (κ1) is 16.0. The number of halogens is 2. The molecule has 0 saturated heterocycles. The van der Waals surface area contributed by atoms with E-state index in [1.807, 2.05) is 0 Å². The van der Waals surface area contributed by atoms with Gasteiger partial charge in [-0.1, -0.05) is 54.4 Å². The molecule has 0 radical (unpaired) electrons. The average molecular weight is 306 g/mol. The second kappa shape index (κ2) is 7.58. The van der Waals surface area contributed by atoms with Crippen LogP contribution in [0.5, 0.6) is 0 Å². The van der Waals surface area contributed by atoms with Gasteiger partial charge < -0.3 is 5.32 Å². The molecule has 0 saturated carbocycles. The standard InChI is InChI=1S/C18H21ClFN/c1-3-21-12-16(14-6-4-13(2)5-7-14)10-15-8-9-17(19)11-18(15)20/h4-9,11,16,21H,3,10,12H2,1-2H3. The van der Waals surface area contributed by atoms with Gasteiger partial charge in [0.15, 0.2) is 0 Å². The summed E-state index contributed by atoms with van der Waals surface area (Å²) in [5.41, 5.74) is 3.18. The Morgan fingerprint density at radius 1 is 1.14 bits per heavy atom. The summed E-state index contributed by atoms with van der Waals surface area (Å²) in [5.74, 6) is 0.0253. The fourth-order valence-electron chi connectivity index (χ4n) is 2.42. The summed E-state index contributed by atoms with van der Waals surface area (Å²) in [6.07, 6.45) is 0.666. The Labute approximate surface area is 131 Å². The lowest BCUT2D eigenvalue weighted by Crippen LogP contribution is -2.23. The lowest BCUT2D eigenvalue weighted by molar-refractivity contribution is 0.562.